The van der Waals surface area contributed by atoms with Crippen LogP contribution in [0, 0.1) is 13.0 Å². The first-order valence-electron chi connectivity index (χ1n) is 5.10. The molecule has 0 atom stereocenters. The van der Waals surface area contributed by atoms with Gasteiger partial charge in [-0.25, -0.2) is 0 Å². The van der Waals surface area contributed by atoms with Crippen molar-refractivity contribution in [1.82, 2.24) is 0 Å². The quantitative estimate of drug-likeness (QED) is 0.811. The molecule has 1 amide bonds. The molecule has 0 aromatic heterocycles. The molecule has 2 aromatic rings. The molecular formula is C14H12NO. The minimum absolute atomic E-state index is 0.0794. The summed E-state index contributed by atoms with van der Waals surface area (Å²) in [5.74, 6) is -0.0794. The monoisotopic (exact) mass is 210 g/mol. The number of aryl methyl sites for hydroxylation is 1. The molecule has 0 spiro atoms. The zero-order valence-corrected chi connectivity index (χ0v) is 9.03. The van der Waals surface area contributed by atoms with E-state index in [4.69, 9.17) is 0 Å². The van der Waals surface area contributed by atoms with Crippen LogP contribution in [0.2, 0.25) is 0 Å². The maximum atomic E-state index is 11.9. The van der Waals surface area contributed by atoms with Crippen molar-refractivity contribution in [2.45, 2.75) is 6.92 Å². The van der Waals surface area contributed by atoms with Crippen molar-refractivity contribution in [3.8, 4) is 0 Å². The molecule has 0 fully saturated rings. The van der Waals surface area contributed by atoms with Crippen LogP contribution < -0.4 is 5.32 Å². The molecule has 0 unspecified atom stereocenters. The highest BCUT2D eigenvalue weighted by Gasteiger charge is 2.07. The Balaban J connectivity index is 2.19. The van der Waals surface area contributed by atoms with E-state index in [2.05, 4.69) is 11.4 Å². The summed E-state index contributed by atoms with van der Waals surface area (Å²) < 4.78 is 0. The summed E-state index contributed by atoms with van der Waals surface area (Å²) in [5.41, 5.74) is 2.46. The minimum Gasteiger partial charge on any atom is -0.322 e. The Morgan fingerprint density at radius 3 is 2.50 bits per heavy atom. The van der Waals surface area contributed by atoms with Gasteiger partial charge in [-0.1, -0.05) is 30.3 Å². The van der Waals surface area contributed by atoms with E-state index in [1.54, 1.807) is 12.1 Å². The van der Waals surface area contributed by atoms with Crippen molar-refractivity contribution in [3.05, 3.63) is 65.7 Å². The van der Waals surface area contributed by atoms with Gasteiger partial charge in [0, 0.05) is 11.3 Å². The second-order valence-corrected chi connectivity index (χ2v) is 3.56. The van der Waals surface area contributed by atoms with Crippen molar-refractivity contribution >= 4 is 11.6 Å². The average Bonchev–Trinajstić information content (AvgIpc) is 2.31. The number of anilines is 1. The number of hydrogen-bond donors (Lipinski definition) is 1. The van der Waals surface area contributed by atoms with Crippen molar-refractivity contribution in [2.75, 3.05) is 5.32 Å². The number of amides is 1. The Bertz CT molecular complexity index is 491. The van der Waals surface area contributed by atoms with Crippen LogP contribution in [0.15, 0.2) is 48.5 Å². The molecule has 0 aliphatic carbocycles. The number of carbonyl (C=O) groups is 1. The number of hydrogen-bond acceptors (Lipinski definition) is 1. The van der Waals surface area contributed by atoms with Gasteiger partial charge in [-0.05, 0) is 36.8 Å². The van der Waals surface area contributed by atoms with Crippen LogP contribution in [0.4, 0.5) is 5.69 Å². The van der Waals surface area contributed by atoms with Gasteiger partial charge in [0.1, 0.15) is 0 Å². The highest BCUT2D eigenvalue weighted by Crippen LogP contribution is 2.11. The summed E-state index contributed by atoms with van der Waals surface area (Å²) in [4.78, 5) is 11.9. The lowest BCUT2D eigenvalue weighted by molar-refractivity contribution is 0.102. The van der Waals surface area contributed by atoms with Crippen molar-refractivity contribution in [3.63, 3.8) is 0 Å². The van der Waals surface area contributed by atoms with Gasteiger partial charge in [-0.15, -0.1) is 0 Å². The fourth-order valence-corrected chi connectivity index (χ4v) is 1.50. The van der Waals surface area contributed by atoms with Gasteiger partial charge in [-0.2, -0.15) is 0 Å². The van der Waals surface area contributed by atoms with Gasteiger partial charge in [0.15, 0.2) is 0 Å². The number of carbonyl (C=O) groups excluding carboxylic acids is 1. The van der Waals surface area contributed by atoms with Crippen LogP contribution in [-0.2, 0) is 0 Å². The lowest BCUT2D eigenvalue weighted by Gasteiger charge is -2.06. The van der Waals surface area contributed by atoms with E-state index < -0.39 is 0 Å². The van der Waals surface area contributed by atoms with Gasteiger partial charge in [0.25, 0.3) is 5.91 Å². The van der Waals surface area contributed by atoms with Gasteiger partial charge >= 0.3 is 0 Å². The third-order valence-corrected chi connectivity index (χ3v) is 2.37. The van der Waals surface area contributed by atoms with Crippen molar-refractivity contribution < 1.29 is 4.79 Å². The number of benzene rings is 2. The molecule has 0 bridgehead atoms. The van der Waals surface area contributed by atoms with Crippen LogP contribution in [0.5, 0.6) is 0 Å². The van der Waals surface area contributed by atoms with Crippen LogP contribution in [0.3, 0.4) is 0 Å². The summed E-state index contributed by atoms with van der Waals surface area (Å²) in [6.45, 7) is 1.92. The molecule has 0 saturated carbocycles. The largest absolute Gasteiger partial charge is 0.322 e. The summed E-state index contributed by atoms with van der Waals surface area (Å²) >= 11 is 0. The Labute approximate surface area is 94.9 Å². The number of nitrogens with one attached hydrogen (secondary N) is 1. The van der Waals surface area contributed by atoms with E-state index in [-0.39, 0.29) is 5.91 Å². The standard InChI is InChI=1S/C14H12NO/c1-11-7-5-6-10-13(11)14(16)15-12-8-3-2-4-9-12/h3-10H,1H3,(H,15,16). The second-order valence-electron chi connectivity index (χ2n) is 3.56. The Hall–Kier alpha value is -2.09. The predicted octanol–water partition coefficient (Wildman–Crippen LogP) is 3.05. The van der Waals surface area contributed by atoms with Gasteiger partial charge in [0.05, 0.1) is 0 Å². The highest BCUT2D eigenvalue weighted by atomic mass is 16.1. The van der Waals surface area contributed by atoms with E-state index in [9.17, 15) is 4.79 Å². The molecule has 1 N–H and O–H groups in total. The third kappa shape index (κ3) is 2.28. The van der Waals surface area contributed by atoms with Crippen molar-refractivity contribution in [2.24, 2.45) is 0 Å². The second kappa shape index (κ2) is 4.62. The first-order valence-corrected chi connectivity index (χ1v) is 5.10. The molecule has 0 saturated heterocycles. The molecule has 0 heterocycles. The molecule has 1 radical (unpaired) electrons. The van der Waals surface area contributed by atoms with Gasteiger partial charge in [-0.3, -0.25) is 4.79 Å². The average molecular weight is 210 g/mol. The van der Waals surface area contributed by atoms with Crippen LogP contribution >= 0.6 is 0 Å². The van der Waals surface area contributed by atoms with E-state index in [1.165, 1.54) is 0 Å². The smallest absolute Gasteiger partial charge is 0.255 e. The summed E-state index contributed by atoms with van der Waals surface area (Å²) in [6.07, 6.45) is 0. The maximum absolute atomic E-state index is 11.9. The highest BCUT2D eigenvalue weighted by molar-refractivity contribution is 6.05. The molecule has 2 rings (SSSR count). The molecule has 2 nitrogen and oxygen atoms in total. The fourth-order valence-electron chi connectivity index (χ4n) is 1.50. The molecule has 2 heteroatoms. The summed E-state index contributed by atoms with van der Waals surface area (Å²) in [5, 5.41) is 2.84. The van der Waals surface area contributed by atoms with E-state index in [0.29, 0.717) is 5.56 Å². The molecule has 2 aromatic carbocycles. The molecule has 16 heavy (non-hydrogen) atoms. The first kappa shape index (κ1) is 10.4. The third-order valence-electron chi connectivity index (χ3n) is 2.37. The van der Waals surface area contributed by atoms with Gasteiger partial charge < -0.3 is 5.32 Å². The van der Waals surface area contributed by atoms with Crippen molar-refractivity contribution in [1.29, 1.82) is 0 Å². The lowest BCUT2D eigenvalue weighted by atomic mass is 10.1. The predicted molar refractivity (Wildman–Crippen MR) is 64.4 cm³/mol. The normalized spacial score (nSPS) is 9.81. The molecule has 0 aliphatic rings. The Kier molecular flexibility index (Phi) is 3.01. The molecular weight excluding hydrogens is 198 g/mol. The first-order chi connectivity index (χ1) is 7.77. The zero-order valence-electron chi connectivity index (χ0n) is 9.03. The topological polar surface area (TPSA) is 29.1 Å². The molecule has 0 aliphatic heterocycles. The van der Waals surface area contributed by atoms with Gasteiger partial charge in [0.2, 0.25) is 0 Å². The number of rotatable bonds is 2. The summed E-state index contributed by atoms with van der Waals surface area (Å²) in [6, 6.07) is 17.6. The maximum Gasteiger partial charge on any atom is 0.255 e. The van der Waals surface area contributed by atoms with E-state index >= 15 is 0 Å². The summed E-state index contributed by atoms with van der Waals surface area (Å²) in [7, 11) is 0. The van der Waals surface area contributed by atoms with E-state index in [0.717, 1.165) is 11.3 Å². The fraction of sp³-hybridized carbons (Fsp3) is 0.0714. The lowest BCUT2D eigenvalue weighted by Crippen LogP contribution is -2.12. The van der Waals surface area contributed by atoms with E-state index in [1.807, 2.05) is 43.3 Å². The van der Waals surface area contributed by atoms with Crippen LogP contribution in [-0.4, -0.2) is 5.91 Å². The molecule has 79 valence electrons. The SMILES string of the molecule is Cc1ccccc1C(=O)Nc1cc[c]cc1. The van der Waals surface area contributed by atoms with Crippen LogP contribution in [0.25, 0.3) is 0 Å². The van der Waals surface area contributed by atoms with Crippen LogP contribution in [0.1, 0.15) is 15.9 Å². The zero-order chi connectivity index (χ0) is 11.4. The Morgan fingerprint density at radius 1 is 1.12 bits per heavy atom. The minimum atomic E-state index is -0.0794. The Morgan fingerprint density at radius 2 is 1.81 bits per heavy atom.